The van der Waals surface area contributed by atoms with Crippen molar-refractivity contribution < 1.29 is 13.2 Å². The van der Waals surface area contributed by atoms with Crippen LogP contribution in [0.4, 0.5) is 5.69 Å². The zero-order chi connectivity index (χ0) is 22.4. The van der Waals surface area contributed by atoms with E-state index < -0.39 is 10.0 Å². The Hall–Kier alpha value is -3.12. The van der Waals surface area contributed by atoms with E-state index >= 15 is 0 Å². The van der Waals surface area contributed by atoms with Crippen molar-refractivity contribution in [3.05, 3.63) is 101 Å². The summed E-state index contributed by atoms with van der Waals surface area (Å²) in [5.74, 6) is -0.253. The first-order valence-corrected chi connectivity index (χ1v) is 12.0. The molecule has 1 amide bonds. The highest BCUT2D eigenvalue weighted by atomic mass is 32.2. The average molecular weight is 437 g/mol. The second-order valence-corrected chi connectivity index (χ2v) is 9.74. The number of nitrogens with zero attached hydrogens (tertiary/aromatic N) is 2. The van der Waals surface area contributed by atoms with Gasteiger partial charge in [0.2, 0.25) is 15.9 Å². The molecule has 0 unspecified atom stereocenters. The molecule has 5 nitrogen and oxygen atoms in total. The van der Waals surface area contributed by atoms with Crippen LogP contribution in [0, 0.1) is 13.8 Å². The van der Waals surface area contributed by atoms with E-state index in [1.54, 1.807) is 17.0 Å². The molecule has 0 saturated heterocycles. The van der Waals surface area contributed by atoms with Crippen LogP contribution in [0.3, 0.4) is 0 Å². The molecule has 6 heteroatoms. The Morgan fingerprint density at radius 2 is 1.23 bits per heavy atom. The molecule has 31 heavy (non-hydrogen) atoms. The molecule has 0 aromatic heterocycles. The molecule has 0 bridgehead atoms. The smallest absolute Gasteiger partial charge is 0.243 e. The summed E-state index contributed by atoms with van der Waals surface area (Å²) in [5, 5.41) is 0. The molecule has 0 saturated carbocycles. The normalized spacial score (nSPS) is 11.2. The number of amides is 1. The molecule has 0 heterocycles. The second kappa shape index (κ2) is 9.79. The first kappa shape index (κ1) is 22.6. The molecule has 3 aromatic rings. The quantitative estimate of drug-likeness (QED) is 0.529. The maximum atomic E-state index is 13.4. The topological polar surface area (TPSA) is 57.7 Å². The van der Waals surface area contributed by atoms with Gasteiger partial charge in [0.05, 0.1) is 11.9 Å². The van der Waals surface area contributed by atoms with Crippen molar-refractivity contribution >= 4 is 21.6 Å². The number of carbonyl (C=O) groups is 1. The Bertz CT molecular complexity index is 1070. The van der Waals surface area contributed by atoms with E-state index in [1.165, 1.54) is 4.31 Å². The summed E-state index contributed by atoms with van der Waals surface area (Å²) in [6.07, 6.45) is 1.14. The van der Waals surface area contributed by atoms with Crippen molar-refractivity contribution in [3.8, 4) is 0 Å². The zero-order valence-corrected chi connectivity index (χ0v) is 19.0. The van der Waals surface area contributed by atoms with Crippen LogP contribution in [-0.4, -0.2) is 32.0 Å². The van der Waals surface area contributed by atoms with Crippen LogP contribution in [0.2, 0.25) is 0 Å². The molecular formula is C25H28N2O3S. The minimum atomic E-state index is -3.64. The third-order valence-electron chi connectivity index (χ3n) is 4.96. The van der Waals surface area contributed by atoms with Gasteiger partial charge < -0.3 is 4.90 Å². The molecule has 3 rings (SSSR count). The Morgan fingerprint density at radius 1 is 0.774 bits per heavy atom. The van der Waals surface area contributed by atoms with Gasteiger partial charge in [-0.1, -0.05) is 66.7 Å². The van der Waals surface area contributed by atoms with Crippen LogP contribution < -0.4 is 4.31 Å². The highest BCUT2D eigenvalue weighted by Crippen LogP contribution is 2.22. The van der Waals surface area contributed by atoms with Gasteiger partial charge >= 0.3 is 0 Å². The number of hydrogen-bond donors (Lipinski definition) is 0. The zero-order valence-electron chi connectivity index (χ0n) is 18.2. The monoisotopic (exact) mass is 436 g/mol. The number of hydrogen-bond acceptors (Lipinski definition) is 3. The van der Waals surface area contributed by atoms with Crippen molar-refractivity contribution in [2.24, 2.45) is 0 Å². The SMILES string of the molecule is Cc1cc(C)cc(N(CC(=O)N(Cc2ccccc2)Cc2ccccc2)S(C)(=O)=O)c1. The Labute approximate surface area is 185 Å². The van der Waals surface area contributed by atoms with E-state index in [9.17, 15) is 13.2 Å². The van der Waals surface area contributed by atoms with Crippen molar-refractivity contribution in [1.29, 1.82) is 0 Å². The molecule has 0 aliphatic heterocycles. The lowest BCUT2D eigenvalue weighted by Gasteiger charge is -2.28. The van der Waals surface area contributed by atoms with E-state index in [0.29, 0.717) is 18.8 Å². The fourth-order valence-electron chi connectivity index (χ4n) is 3.56. The predicted octanol–water partition coefficient (Wildman–Crippen LogP) is 4.30. The average Bonchev–Trinajstić information content (AvgIpc) is 2.71. The maximum Gasteiger partial charge on any atom is 0.243 e. The molecule has 0 N–H and O–H groups in total. The van der Waals surface area contributed by atoms with Gasteiger partial charge in [-0.05, 0) is 48.2 Å². The van der Waals surface area contributed by atoms with Gasteiger partial charge in [0, 0.05) is 13.1 Å². The van der Waals surface area contributed by atoms with Crippen LogP contribution in [0.1, 0.15) is 22.3 Å². The van der Waals surface area contributed by atoms with Crippen LogP contribution in [0.5, 0.6) is 0 Å². The number of carbonyl (C=O) groups excluding carboxylic acids is 1. The number of sulfonamides is 1. The number of rotatable bonds is 8. The summed E-state index contributed by atoms with van der Waals surface area (Å²) in [4.78, 5) is 15.1. The van der Waals surface area contributed by atoms with E-state index in [0.717, 1.165) is 28.5 Å². The third kappa shape index (κ3) is 6.43. The van der Waals surface area contributed by atoms with Gasteiger partial charge in [0.1, 0.15) is 6.54 Å². The number of benzene rings is 3. The summed E-state index contributed by atoms with van der Waals surface area (Å²) in [6, 6.07) is 25.0. The summed E-state index contributed by atoms with van der Waals surface area (Å²) < 4.78 is 26.4. The lowest BCUT2D eigenvalue weighted by Crippen LogP contribution is -2.42. The van der Waals surface area contributed by atoms with E-state index in [-0.39, 0.29) is 12.5 Å². The Balaban J connectivity index is 1.90. The molecular weight excluding hydrogens is 408 g/mol. The Morgan fingerprint density at radius 3 is 1.65 bits per heavy atom. The van der Waals surface area contributed by atoms with Crippen LogP contribution >= 0.6 is 0 Å². The van der Waals surface area contributed by atoms with Crippen molar-refractivity contribution in [1.82, 2.24) is 4.90 Å². The van der Waals surface area contributed by atoms with E-state index in [2.05, 4.69) is 0 Å². The summed E-state index contributed by atoms with van der Waals surface area (Å²) in [7, 11) is -3.64. The second-order valence-electron chi connectivity index (χ2n) is 7.84. The van der Waals surface area contributed by atoms with Gasteiger partial charge in [-0.15, -0.1) is 0 Å². The molecule has 0 aliphatic rings. The van der Waals surface area contributed by atoms with Gasteiger partial charge in [-0.2, -0.15) is 0 Å². The molecule has 3 aromatic carbocycles. The maximum absolute atomic E-state index is 13.4. The van der Waals surface area contributed by atoms with Crippen LogP contribution in [0.25, 0.3) is 0 Å². The molecule has 0 fully saturated rings. The molecule has 0 atom stereocenters. The largest absolute Gasteiger partial charge is 0.332 e. The lowest BCUT2D eigenvalue weighted by atomic mass is 10.1. The highest BCUT2D eigenvalue weighted by molar-refractivity contribution is 7.92. The first-order valence-electron chi connectivity index (χ1n) is 10.1. The summed E-state index contributed by atoms with van der Waals surface area (Å²) >= 11 is 0. The fraction of sp³-hybridized carbons (Fsp3) is 0.240. The molecule has 162 valence electrons. The van der Waals surface area contributed by atoms with Crippen molar-refractivity contribution in [2.75, 3.05) is 17.1 Å². The van der Waals surface area contributed by atoms with E-state index in [4.69, 9.17) is 0 Å². The lowest BCUT2D eigenvalue weighted by molar-refractivity contribution is -0.130. The van der Waals surface area contributed by atoms with Crippen LogP contribution in [0.15, 0.2) is 78.9 Å². The predicted molar refractivity (Wildman–Crippen MR) is 125 cm³/mol. The van der Waals surface area contributed by atoms with Gasteiger partial charge in [-0.3, -0.25) is 9.10 Å². The first-order chi connectivity index (χ1) is 14.7. The fourth-order valence-corrected chi connectivity index (χ4v) is 4.39. The molecule has 0 aliphatic carbocycles. The standard InChI is InChI=1S/C25H28N2O3S/c1-20-14-21(2)16-24(15-20)27(31(3,29)30)19-25(28)26(17-22-10-6-4-7-11-22)18-23-12-8-5-9-13-23/h4-16H,17-19H2,1-3H3. The molecule has 0 radical (unpaired) electrons. The minimum Gasteiger partial charge on any atom is -0.332 e. The van der Waals surface area contributed by atoms with Crippen molar-refractivity contribution in [3.63, 3.8) is 0 Å². The van der Waals surface area contributed by atoms with Crippen LogP contribution in [-0.2, 0) is 27.9 Å². The minimum absolute atomic E-state index is 0.249. The van der Waals surface area contributed by atoms with Gasteiger partial charge in [-0.25, -0.2) is 8.42 Å². The van der Waals surface area contributed by atoms with E-state index in [1.807, 2.05) is 80.6 Å². The van der Waals surface area contributed by atoms with Crippen molar-refractivity contribution in [2.45, 2.75) is 26.9 Å². The van der Waals surface area contributed by atoms with Gasteiger partial charge in [0.15, 0.2) is 0 Å². The number of aryl methyl sites for hydroxylation is 2. The molecule has 0 spiro atoms. The van der Waals surface area contributed by atoms with Gasteiger partial charge in [0.25, 0.3) is 0 Å². The summed E-state index contributed by atoms with van der Waals surface area (Å²) in [6.45, 7) is 4.38. The Kier molecular flexibility index (Phi) is 7.13. The number of anilines is 1. The third-order valence-corrected chi connectivity index (χ3v) is 6.10. The highest BCUT2D eigenvalue weighted by Gasteiger charge is 2.25. The summed E-state index contributed by atoms with van der Waals surface area (Å²) in [5.41, 5.74) is 4.38.